The Bertz CT molecular complexity index is 2400. The number of fused-ring (bicyclic) bond motifs is 5. The van der Waals surface area contributed by atoms with Crippen LogP contribution in [0.25, 0.3) is 22.9 Å². The van der Waals surface area contributed by atoms with Gasteiger partial charge in [-0.25, -0.2) is 0 Å². The molecule has 6 heteroatoms. The maximum absolute atomic E-state index is 7.49. The minimum Gasteiger partial charge on any atom is -0.493 e. The highest BCUT2D eigenvalue weighted by Crippen LogP contribution is 2.51. The van der Waals surface area contributed by atoms with Gasteiger partial charge in [-0.15, -0.1) is 0 Å². The van der Waals surface area contributed by atoms with Crippen LogP contribution >= 0.6 is 0 Å². The Morgan fingerprint density at radius 1 is 0.403 bits per heavy atom. The van der Waals surface area contributed by atoms with Gasteiger partial charge in [0.2, 0.25) is 0 Å². The molecular formula is C56H60O6. The van der Waals surface area contributed by atoms with Crippen LogP contribution in [0.1, 0.15) is 88.8 Å². The van der Waals surface area contributed by atoms with E-state index in [4.69, 9.17) is 28.4 Å². The number of benzene rings is 6. The monoisotopic (exact) mass is 828 g/mol. The van der Waals surface area contributed by atoms with Crippen molar-refractivity contribution in [1.82, 2.24) is 0 Å². The third kappa shape index (κ3) is 8.92. The van der Waals surface area contributed by atoms with Gasteiger partial charge in [-0.3, -0.25) is 0 Å². The predicted octanol–water partition coefficient (Wildman–Crippen LogP) is 13.7. The summed E-state index contributed by atoms with van der Waals surface area (Å²) in [4.78, 5) is 0. The highest BCUT2D eigenvalue weighted by atomic mass is 16.5. The Kier molecular flexibility index (Phi) is 12.4. The fourth-order valence-electron chi connectivity index (χ4n) is 7.92. The summed E-state index contributed by atoms with van der Waals surface area (Å²) in [5.74, 6) is 6.56. The molecular weight excluding hydrogens is 769 g/mol. The summed E-state index contributed by atoms with van der Waals surface area (Å²) in [6, 6.07) is 41.7. The second kappa shape index (κ2) is 18.1. The molecule has 6 nitrogen and oxygen atoms in total. The second-order valence-corrected chi connectivity index (χ2v) is 18.3. The van der Waals surface area contributed by atoms with Gasteiger partial charge < -0.3 is 28.4 Å². The van der Waals surface area contributed by atoms with Crippen LogP contribution in [0.4, 0.5) is 0 Å². The number of hydrogen-bond donors (Lipinski definition) is 0. The van der Waals surface area contributed by atoms with E-state index in [-0.39, 0.29) is 0 Å². The van der Waals surface area contributed by atoms with E-state index in [0.29, 0.717) is 50.1 Å². The lowest BCUT2D eigenvalue weighted by atomic mass is 9.82. The first-order valence-electron chi connectivity index (χ1n) is 22.2. The summed E-state index contributed by atoms with van der Waals surface area (Å²) in [5, 5.41) is 2.04. The van der Waals surface area contributed by atoms with Gasteiger partial charge >= 0.3 is 0 Å². The second-order valence-electron chi connectivity index (χ2n) is 18.3. The Morgan fingerprint density at radius 3 is 1.15 bits per heavy atom. The molecule has 0 N–H and O–H groups in total. The zero-order valence-electron chi connectivity index (χ0n) is 37.4. The summed E-state index contributed by atoms with van der Waals surface area (Å²) < 4.78 is 39.2. The molecule has 0 radical (unpaired) electrons. The van der Waals surface area contributed by atoms with Gasteiger partial charge in [-0.05, 0) is 102 Å². The van der Waals surface area contributed by atoms with E-state index in [1.165, 1.54) is 0 Å². The first-order chi connectivity index (χ1) is 29.9. The molecule has 0 unspecified atom stereocenters. The summed E-state index contributed by atoms with van der Waals surface area (Å²) >= 11 is 0. The van der Waals surface area contributed by atoms with E-state index in [0.717, 1.165) is 78.7 Å². The van der Waals surface area contributed by atoms with Crippen LogP contribution in [0.2, 0.25) is 0 Å². The summed E-state index contributed by atoms with van der Waals surface area (Å²) in [6.45, 7) is 19.8. The molecule has 0 bridgehead atoms. The maximum Gasteiger partial charge on any atom is 0.178 e. The van der Waals surface area contributed by atoms with Crippen molar-refractivity contribution in [3.63, 3.8) is 0 Å². The molecule has 0 atom stereocenters. The lowest BCUT2D eigenvalue weighted by molar-refractivity contribution is 0.159. The first kappa shape index (κ1) is 42.5. The molecule has 2 aliphatic rings. The highest BCUT2D eigenvalue weighted by Gasteiger charge is 2.41. The Hall–Kier alpha value is -6.14. The standard InChI is InChI=1S/C56H60O6/c1-37(2)33-57-47-20-12-43(13-21-47)55(44-14-22-48(23-15-44)58-34-38(3)4)32-30-51-52(61-55)28-11-41-9-10-42-29-31-56(62-54(42)53(41)51,45-16-24-49(25-17-45)59-35-39(5)6)46-18-26-50(27-19-46)60-36-40(7)8/h9-32,37-40H,33-36H2,1-8H3. The van der Waals surface area contributed by atoms with Gasteiger partial charge in [0.25, 0.3) is 0 Å². The molecule has 6 aromatic rings. The van der Waals surface area contributed by atoms with Crippen molar-refractivity contribution in [3.8, 4) is 34.5 Å². The van der Waals surface area contributed by atoms with E-state index in [1.807, 2.05) is 48.5 Å². The van der Waals surface area contributed by atoms with Crippen LogP contribution in [-0.2, 0) is 11.2 Å². The molecule has 2 aliphatic heterocycles. The lowest BCUT2D eigenvalue weighted by Crippen LogP contribution is -2.35. The minimum absolute atomic E-state index is 0.422. The van der Waals surface area contributed by atoms with Crippen molar-refractivity contribution in [1.29, 1.82) is 0 Å². The SMILES string of the molecule is CC(C)COc1ccc(C2(c3ccc(OCC(C)C)cc3)C=Cc3c(ccc4ccc5c(c34)OC(c3ccc(OCC(C)C)cc3)(c3ccc(OCC(C)C)cc3)C=C5)O2)cc1. The average molecular weight is 829 g/mol. The van der Waals surface area contributed by atoms with Crippen LogP contribution < -0.4 is 28.4 Å². The molecule has 6 aromatic carbocycles. The molecule has 0 saturated heterocycles. The van der Waals surface area contributed by atoms with Crippen LogP contribution in [0.3, 0.4) is 0 Å². The Balaban J connectivity index is 1.22. The zero-order chi connectivity index (χ0) is 43.4. The topological polar surface area (TPSA) is 55.4 Å². The van der Waals surface area contributed by atoms with Gasteiger partial charge in [0.15, 0.2) is 11.2 Å². The molecule has 0 spiro atoms. The van der Waals surface area contributed by atoms with Crippen molar-refractivity contribution in [2.75, 3.05) is 26.4 Å². The van der Waals surface area contributed by atoms with E-state index in [9.17, 15) is 0 Å². The fraction of sp³-hybridized carbons (Fsp3) is 0.321. The van der Waals surface area contributed by atoms with E-state index in [2.05, 4.69) is 152 Å². The predicted molar refractivity (Wildman–Crippen MR) is 252 cm³/mol. The molecule has 0 saturated carbocycles. The van der Waals surface area contributed by atoms with Crippen molar-refractivity contribution in [2.45, 2.75) is 66.6 Å². The van der Waals surface area contributed by atoms with Gasteiger partial charge in [0, 0.05) is 38.8 Å². The Labute approximate surface area is 368 Å². The fourth-order valence-corrected chi connectivity index (χ4v) is 7.92. The van der Waals surface area contributed by atoms with Gasteiger partial charge in [-0.2, -0.15) is 0 Å². The summed E-state index contributed by atoms with van der Waals surface area (Å²) in [6.07, 6.45) is 8.75. The summed E-state index contributed by atoms with van der Waals surface area (Å²) in [5.41, 5.74) is 4.04. The van der Waals surface area contributed by atoms with Crippen LogP contribution in [0.5, 0.6) is 34.5 Å². The molecule has 62 heavy (non-hydrogen) atoms. The van der Waals surface area contributed by atoms with Gasteiger partial charge in [-0.1, -0.05) is 128 Å². The quantitative estimate of drug-likeness (QED) is 0.0969. The van der Waals surface area contributed by atoms with Crippen LogP contribution in [0, 0.1) is 23.7 Å². The first-order valence-corrected chi connectivity index (χ1v) is 22.2. The molecule has 320 valence electrons. The Morgan fingerprint density at radius 2 is 0.758 bits per heavy atom. The van der Waals surface area contributed by atoms with E-state index < -0.39 is 11.2 Å². The van der Waals surface area contributed by atoms with Crippen LogP contribution in [0.15, 0.2) is 133 Å². The largest absolute Gasteiger partial charge is 0.493 e. The van der Waals surface area contributed by atoms with Gasteiger partial charge in [0.05, 0.1) is 26.4 Å². The molecule has 2 heterocycles. The van der Waals surface area contributed by atoms with E-state index >= 15 is 0 Å². The molecule has 0 amide bonds. The third-order valence-corrected chi connectivity index (χ3v) is 11.2. The molecule has 8 rings (SSSR count). The number of ether oxygens (including phenoxy) is 6. The minimum atomic E-state index is -0.946. The van der Waals surface area contributed by atoms with Crippen molar-refractivity contribution in [2.24, 2.45) is 23.7 Å². The molecule has 0 aromatic heterocycles. The number of hydrogen-bond acceptors (Lipinski definition) is 6. The number of rotatable bonds is 16. The van der Waals surface area contributed by atoms with E-state index in [1.54, 1.807) is 0 Å². The lowest BCUT2D eigenvalue weighted by Gasteiger charge is -2.38. The molecule has 0 aliphatic carbocycles. The maximum atomic E-state index is 7.49. The van der Waals surface area contributed by atoms with Crippen molar-refractivity contribution < 1.29 is 28.4 Å². The highest BCUT2D eigenvalue weighted by molar-refractivity contribution is 6.01. The third-order valence-electron chi connectivity index (χ3n) is 11.2. The van der Waals surface area contributed by atoms with Crippen molar-refractivity contribution >= 4 is 22.9 Å². The van der Waals surface area contributed by atoms with Gasteiger partial charge in [0.1, 0.15) is 34.5 Å². The average Bonchev–Trinajstić information content (AvgIpc) is 3.28. The normalized spacial score (nSPS) is 14.7. The van der Waals surface area contributed by atoms with Crippen LogP contribution in [-0.4, -0.2) is 26.4 Å². The smallest absolute Gasteiger partial charge is 0.178 e. The summed E-state index contributed by atoms with van der Waals surface area (Å²) in [7, 11) is 0. The molecule has 0 fully saturated rings. The zero-order valence-corrected chi connectivity index (χ0v) is 37.4. The van der Waals surface area contributed by atoms with Crippen molar-refractivity contribution in [3.05, 3.63) is 167 Å².